The summed E-state index contributed by atoms with van der Waals surface area (Å²) in [6.45, 7) is 0. The van der Waals surface area contributed by atoms with Crippen molar-refractivity contribution in [1.29, 1.82) is 0 Å². The van der Waals surface area contributed by atoms with Crippen LogP contribution in [0.3, 0.4) is 0 Å². The van der Waals surface area contributed by atoms with Crippen LogP contribution in [0.5, 0.6) is 0 Å². The molecule has 0 spiro atoms. The van der Waals surface area contributed by atoms with E-state index in [1.54, 1.807) is 0 Å². The number of aromatic nitrogens is 1. The summed E-state index contributed by atoms with van der Waals surface area (Å²) in [4.78, 5) is 2.34. The number of hydrogen-bond donors (Lipinski definition) is 0. The summed E-state index contributed by atoms with van der Waals surface area (Å²) < 4.78 is 2.32. The van der Waals surface area contributed by atoms with E-state index >= 15 is 0 Å². The second-order valence-electron chi connectivity index (χ2n) is 9.53. The zero-order valence-corrected chi connectivity index (χ0v) is 20.7. The Morgan fingerprint density at radius 3 is 1.86 bits per heavy atom. The number of hydrogen-bond acceptors (Lipinski definition) is 1. The third-order valence-corrected chi connectivity index (χ3v) is 7.39. The van der Waals surface area contributed by atoms with Crippen molar-refractivity contribution in [1.82, 2.24) is 4.57 Å². The molecule has 7 rings (SSSR count). The second kappa shape index (κ2) is 8.69. The van der Waals surface area contributed by atoms with E-state index in [-0.39, 0.29) is 0 Å². The van der Waals surface area contributed by atoms with Crippen LogP contribution in [0.1, 0.15) is 0 Å². The Morgan fingerprint density at radius 1 is 0.459 bits per heavy atom. The minimum atomic E-state index is 1.13. The van der Waals surface area contributed by atoms with E-state index in [1.165, 1.54) is 43.7 Å². The summed E-state index contributed by atoms with van der Waals surface area (Å²) >= 11 is 0. The van der Waals surface area contributed by atoms with Gasteiger partial charge in [0, 0.05) is 40.4 Å². The molecule has 0 bridgehead atoms. The zero-order chi connectivity index (χ0) is 24.8. The van der Waals surface area contributed by atoms with E-state index in [9.17, 15) is 0 Å². The van der Waals surface area contributed by atoms with E-state index in [1.807, 2.05) is 0 Å². The minimum absolute atomic E-state index is 1.13. The molecule has 0 aliphatic carbocycles. The van der Waals surface area contributed by atoms with Gasteiger partial charge in [-0.3, -0.25) is 0 Å². The van der Waals surface area contributed by atoms with Crippen LogP contribution >= 0.6 is 0 Å². The standard InChI is InChI=1S/C35H26N2/c1-36-33-23-18-27-12-8-9-15-31(27)35(33)32-22-21-30(24-34(32)36)37(28-13-6-3-7-14-28)29-19-16-26(17-20-29)25-10-4-2-5-11-25/h2-24H,1H3. The fourth-order valence-electron chi connectivity index (χ4n) is 5.56. The number of nitrogens with zero attached hydrogens (tertiary/aromatic N) is 2. The van der Waals surface area contributed by atoms with Crippen LogP contribution < -0.4 is 4.90 Å². The summed E-state index contributed by atoms with van der Waals surface area (Å²) in [6.07, 6.45) is 0. The first kappa shape index (κ1) is 21.5. The van der Waals surface area contributed by atoms with Gasteiger partial charge in [0.15, 0.2) is 0 Å². The van der Waals surface area contributed by atoms with Gasteiger partial charge in [0.25, 0.3) is 0 Å². The van der Waals surface area contributed by atoms with Crippen molar-refractivity contribution in [3.05, 3.63) is 140 Å². The quantitative estimate of drug-likeness (QED) is 0.246. The Bertz CT molecular complexity index is 1860. The van der Waals surface area contributed by atoms with Crippen LogP contribution in [0, 0.1) is 0 Å². The molecule has 2 heteroatoms. The van der Waals surface area contributed by atoms with Gasteiger partial charge >= 0.3 is 0 Å². The van der Waals surface area contributed by atoms with Crippen molar-refractivity contribution < 1.29 is 0 Å². The molecular weight excluding hydrogens is 448 g/mol. The zero-order valence-electron chi connectivity index (χ0n) is 20.7. The minimum Gasteiger partial charge on any atom is -0.344 e. The molecule has 0 radical (unpaired) electrons. The molecule has 2 nitrogen and oxygen atoms in total. The van der Waals surface area contributed by atoms with Gasteiger partial charge in [-0.25, -0.2) is 0 Å². The highest BCUT2D eigenvalue weighted by molar-refractivity contribution is 6.21. The third-order valence-electron chi connectivity index (χ3n) is 7.39. The Labute approximate surface area is 216 Å². The SMILES string of the molecule is Cn1c2cc(N(c3ccccc3)c3ccc(-c4ccccc4)cc3)ccc2c2c3ccccc3ccc21. The van der Waals surface area contributed by atoms with Crippen molar-refractivity contribution in [2.45, 2.75) is 0 Å². The van der Waals surface area contributed by atoms with E-state index in [0.29, 0.717) is 0 Å². The predicted octanol–water partition coefficient (Wildman–Crippen LogP) is 9.62. The van der Waals surface area contributed by atoms with E-state index in [4.69, 9.17) is 0 Å². The van der Waals surface area contributed by atoms with Crippen LogP contribution in [-0.2, 0) is 7.05 Å². The molecule has 7 aromatic rings. The maximum atomic E-state index is 2.34. The predicted molar refractivity (Wildman–Crippen MR) is 158 cm³/mol. The molecule has 0 saturated heterocycles. The number of benzene rings is 6. The molecule has 0 atom stereocenters. The Balaban J connectivity index is 1.41. The monoisotopic (exact) mass is 474 g/mol. The number of aryl methyl sites for hydroxylation is 1. The van der Waals surface area contributed by atoms with E-state index in [2.05, 4.69) is 156 Å². The van der Waals surface area contributed by atoms with Crippen molar-refractivity contribution in [3.8, 4) is 11.1 Å². The van der Waals surface area contributed by atoms with Gasteiger partial charge in [0.05, 0.1) is 5.52 Å². The Hall–Kier alpha value is -4.82. The molecule has 0 amide bonds. The molecule has 1 heterocycles. The molecule has 1 aromatic heterocycles. The molecule has 37 heavy (non-hydrogen) atoms. The first-order valence-corrected chi connectivity index (χ1v) is 12.7. The van der Waals surface area contributed by atoms with Crippen LogP contribution in [0.4, 0.5) is 17.1 Å². The Morgan fingerprint density at radius 2 is 1.08 bits per heavy atom. The van der Waals surface area contributed by atoms with Gasteiger partial charge in [-0.05, 0) is 64.4 Å². The highest BCUT2D eigenvalue weighted by Gasteiger charge is 2.16. The van der Waals surface area contributed by atoms with Gasteiger partial charge in [-0.15, -0.1) is 0 Å². The maximum Gasteiger partial charge on any atom is 0.0509 e. The summed E-state index contributed by atoms with van der Waals surface area (Å²) in [6, 6.07) is 50.0. The first-order valence-electron chi connectivity index (χ1n) is 12.7. The van der Waals surface area contributed by atoms with Crippen molar-refractivity contribution in [2.75, 3.05) is 4.90 Å². The van der Waals surface area contributed by atoms with Gasteiger partial charge in [0.1, 0.15) is 0 Å². The van der Waals surface area contributed by atoms with Crippen LogP contribution in [-0.4, -0.2) is 4.57 Å². The number of rotatable bonds is 4. The van der Waals surface area contributed by atoms with E-state index < -0.39 is 0 Å². The first-order chi connectivity index (χ1) is 18.3. The molecule has 0 unspecified atom stereocenters. The molecule has 0 N–H and O–H groups in total. The van der Waals surface area contributed by atoms with Gasteiger partial charge in [0.2, 0.25) is 0 Å². The largest absolute Gasteiger partial charge is 0.344 e. The average molecular weight is 475 g/mol. The molecule has 0 aliphatic rings. The molecule has 0 aliphatic heterocycles. The van der Waals surface area contributed by atoms with Gasteiger partial charge < -0.3 is 9.47 Å². The number of anilines is 3. The average Bonchev–Trinajstić information content (AvgIpc) is 3.26. The lowest BCUT2D eigenvalue weighted by atomic mass is 10.0. The van der Waals surface area contributed by atoms with Gasteiger partial charge in [-0.2, -0.15) is 0 Å². The molecule has 0 fully saturated rings. The second-order valence-corrected chi connectivity index (χ2v) is 9.53. The molecule has 6 aromatic carbocycles. The van der Waals surface area contributed by atoms with Crippen LogP contribution in [0.2, 0.25) is 0 Å². The van der Waals surface area contributed by atoms with Crippen LogP contribution in [0.25, 0.3) is 43.7 Å². The maximum absolute atomic E-state index is 2.34. The summed E-state index contributed by atoms with van der Waals surface area (Å²) in [7, 11) is 2.17. The summed E-state index contributed by atoms with van der Waals surface area (Å²) in [5, 5.41) is 5.18. The lowest BCUT2D eigenvalue weighted by Gasteiger charge is -2.26. The van der Waals surface area contributed by atoms with Crippen molar-refractivity contribution >= 4 is 49.6 Å². The topological polar surface area (TPSA) is 8.17 Å². The van der Waals surface area contributed by atoms with Gasteiger partial charge in [-0.1, -0.05) is 97.1 Å². The van der Waals surface area contributed by atoms with Crippen LogP contribution in [0.15, 0.2) is 140 Å². The Kier molecular flexibility index (Phi) is 5.04. The number of para-hydroxylation sites is 1. The van der Waals surface area contributed by atoms with Crippen molar-refractivity contribution in [3.63, 3.8) is 0 Å². The molecule has 176 valence electrons. The van der Waals surface area contributed by atoms with E-state index in [0.717, 1.165) is 17.1 Å². The molecule has 0 saturated carbocycles. The lowest BCUT2D eigenvalue weighted by molar-refractivity contribution is 1.01. The van der Waals surface area contributed by atoms with Crippen molar-refractivity contribution in [2.24, 2.45) is 7.05 Å². The third kappa shape index (κ3) is 3.57. The summed E-state index contributed by atoms with van der Waals surface area (Å²) in [5.41, 5.74) is 8.34. The normalized spacial score (nSPS) is 11.4. The lowest BCUT2D eigenvalue weighted by Crippen LogP contribution is -2.09. The molecular formula is C35H26N2. The highest BCUT2D eigenvalue weighted by atomic mass is 15.1. The summed E-state index contributed by atoms with van der Waals surface area (Å²) in [5.74, 6) is 0. The smallest absolute Gasteiger partial charge is 0.0509 e. The highest BCUT2D eigenvalue weighted by Crippen LogP contribution is 2.40. The fraction of sp³-hybridized carbons (Fsp3) is 0.0286. The fourth-order valence-corrected chi connectivity index (χ4v) is 5.56. The number of fused-ring (bicyclic) bond motifs is 5.